The van der Waals surface area contributed by atoms with Crippen molar-refractivity contribution in [2.24, 2.45) is 30.7 Å². The van der Waals surface area contributed by atoms with Crippen molar-refractivity contribution in [2.45, 2.75) is 38.5 Å². The fourth-order valence-electron chi connectivity index (χ4n) is 6.07. The van der Waals surface area contributed by atoms with Crippen LogP contribution < -0.4 is 9.47 Å². The summed E-state index contributed by atoms with van der Waals surface area (Å²) in [7, 11) is -20.0. The van der Waals surface area contributed by atoms with Crippen LogP contribution in [0.25, 0.3) is 16.7 Å². The molecule has 0 bridgehead atoms. The fourth-order valence-corrected chi connectivity index (χ4v) is 7.66. The van der Waals surface area contributed by atoms with Gasteiger partial charge in [-0.3, -0.25) is 22.6 Å². The molecule has 6 rings (SSSR count). The van der Waals surface area contributed by atoms with E-state index in [2.05, 4.69) is 41.7 Å². The van der Waals surface area contributed by atoms with Crippen molar-refractivity contribution >= 4 is 102 Å². The largest absolute Gasteiger partial charge is 0.493 e. The third-order valence-corrected chi connectivity index (χ3v) is 11.7. The minimum atomic E-state index is -4.63. The normalized spacial score (nSPS) is 12.2. The van der Waals surface area contributed by atoms with Crippen LogP contribution in [0.1, 0.15) is 35.1 Å². The first-order chi connectivity index (χ1) is 33.5. The second-order valence-corrected chi connectivity index (χ2v) is 21.1. The first kappa shape index (κ1) is 57.4. The summed E-state index contributed by atoms with van der Waals surface area (Å²) in [6, 6.07) is 20.4. The van der Waals surface area contributed by atoms with Gasteiger partial charge in [0.25, 0.3) is 40.5 Å². The number of imidazole rings is 1. The van der Waals surface area contributed by atoms with E-state index in [1.54, 1.807) is 45.0 Å². The van der Waals surface area contributed by atoms with Gasteiger partial charge in [-0.15, -0.1) is 33.1 Å². The minimum absolute atomic E-state index is 0.0361. The van der Waals surface area contributed by atoms with Crippen molar-refractivity contribution in [1.82, 2.24) is 9.38 Å². The molecule has 0 aliphatic rings. The summed E-state index contributed by atoms with van der Waals surface area (Å²) in [4.78, 5) is 4.03. The van der Waals surface area contributed by atoms with E-state index in [4.69, 9.17) is 26.7 Å². The number of hydrogen-bond acceptors (Lipinski definition) is 22. The van der Waals surface area contributed by atoms with E-state index in [1.165, 1.54) is 46.9 Å². The molecular formula is C40H41N9O18S5. The molecule has 0 amide bonds. The molecule has 0 radical (unpaired) electrons. The first-order valence-electron chi connectivity index (χ1n) is 20.0. The van der Waals surface area contributed by atoms with Gasteiger partial charge < -0.3 is 14.6 Å². The van der Waals surface area contributed by atoms with Gasteiger partial charge in [0, 0.05) is 17.7 Å². The Balaban J connectivity index is 0.00000115. The second kappa shape index (κ2) is 24.3. The summed E-state index contributed by atoms with van der Waals surface area (Å²) in [5.74, 6) is -1.45. The van der Waals surface area contributed by atoms with Gasteiger partial charge in [-0.1, -0.05) is 24.3 Å². The number of azo groups is 3. The Labute approximate surface area is 412 Å². The summed E-state index contributed by atoms with van der Waals surface area (Å²) < 4.78 is 162. The lowest BCUT2D eigenvalue weighted by molar-refractivity contribution is 0.317. The Morgan fingerprint density at radius 1 is 0.653 bits per heavy atom. The van der Waals surface area contributed by atoms with E-state index in [1.807, 2.05) is 0 Å². The molecule has 0 saturated heterocycles. The van der Waals surface area contributed by atoms with Crippen LogP contribution in [-0.4, -0.2) is 110 Å². The lowest BCUT2D eigenvalue weighted by atomic mass is 10.1. The molecule has 4 aromatic carbocycles. The summed E-state index contributed by atoms with van der Waals surface area (Å²) in [5.41, 5.74) is 3.10. The number of ether oxygens (including phenoxy) is 2. The van der Waals surface area contributed by atoms with Gasteiger partial charge in [0.05, 0.1) is 53.4 Å². The van der Waals surface area contributed by atoms with Crippen LogP contribution in [0.5, 0.6) is 17.4 Å². The average Bonchev–Trinajstić information content (AvgIpc) is 3.65. The quantitative estimate of drug-likeness (QED) is 0.0340. The Bertz CT molecular complexity index is 3740. The number of fused-ring (bicyclic) bond motifs is 3. The molecule has 2 heterocycles. The molecule has 72 heavy (non-hydrogen) atoms. The zero-order valence-corrected chi connectivity index (χ0v) is 41.9. The van der Waals surface area contributed by atoms with Crippen molar-refractivity contribution in [3.05, 3.63) is 95.1 Å². The number of aromatic hydroxyl groups is 1. The van der Waals surface area contributed by atoms with Gasteiger partial charge in [-0.25, -0.2) is 4.98 Å². The zero-order chi connectivity index (χ0) is 53.8. The maximum absolute atomic E-state index is 11.9. The highest BCUT2D eigenvalue weighted by Crippen LogP contribution is 2.42. The van der Waals surface area contributed by atoms with Gasteiger partial charge >= 0.3 is 10.6 Å². The van der Waals surface area contributed by atoms with Gasteiger partial charge in [0.2, 0.25) is 5.88 Å². The summed E-state index contributed by atoms with van der Waals surface area (Å²) in [6.45, 7) is 4.48. The monoisotopic (exact) mass is 1100 g/mol. The van der Waals surface area contributed by atoms with E-state index < -0.39 is 67.5 Å². The summed E-state index contributed by atoms with van der Waals surface area (Å²) in [5, 5.41) is 47.1. The Morgan fingerprint density at radius 3 is 1.56 bits per heavy atom. The molecule has 0 unspecified atom stereocenters. The van der Waals surface area contributed by atoms with Gasteiger partial charge in [0.1, 0.15) is 45.1 Å². The van der Waals surface area contributed by atoms with Crippen molar-refractivity contribution in [2.75, 3.05) is 31.0 Å². The number of rotatable bonds is 17. The highest BCUT2D eigenvalue weighted by atomic mass is 32.2. The van der Waals surface area contributed by atoms with Crippen molar-refractivity contribution in [1.29, 1.82) is 5.26 Å². The van der Waals surface area contributed by atoms with E-state index in [0.29, 0.717) is 34.0 Å². The molecule has 5 N–H and O–H groups in total. The lowest BCUT2D eigenvalue weighted by Gasteiger charge is -2.12. The molecule has 0 atom stereocenters. The molecule has 0 spiro atoms. The minimum Gasteiger partial charge on any atom is -0.493 e. The van der Waals surface area contributed by atoms with Crippen molar-refractivity contribution in [3.63, 3.8) is 0 Å². The van der Waals surface area contributed by atoms with Crippen LogP contribution in [-0.2, 0) is 51.1 Å². The number of benzene rings is 4. The van der Waals surface area contributed by atoms with Crippen LogP contribution in [0.3, 0.4) is 0 Å². The number of hydrogen-bond donors (Lipinski definition) is 5. The van der Waals surface area contributed by atoms with Gasteiger partial charge in [-0.2, -0.15) is 49.2 Å². The molecule has 0 fully saturated rings. The van der Waals surface area contributed by atoms with Crippen LogP contribution >= 0.6 is 0 Å². The van der Waals surface area contributed by atoms with Crippen LogP contribution in [0.15, 0.2) is 108 Å². The van der Waals surface area contributed by atoms with Crippen molar-refractivity contribution < 1.29 is 79.1 Å². The SMILES string of the molecule is CS(=O)(=O)O.Cc1cc(N=Nc2c(C)c(C#N)c3nc4ccccc4n3c2O)c(OCCCS(=O)(=O)O)cc1N=Nc1cc(C)c(N=Nc2ccccc2S(=O)(=O)O)cc1OCCCS(=O)(=O)O.O=S(=O)=O. The second-order valence-electron chi connectivity index (χ2n) is 14.7. The maximum Gasteiger partial charge on any atom is 0.425 e. The number of para-hydroxylation sites is 2. The average molecular weight is 1100 g/mol. The van der Waals surface area contributed by atoms with E-state index in [0.717, 1.165) is 6.07 Å². The maximum atomic E-state index is 11.9. The Kier molecular flexibility index (Phi) is 19.3. The van der Waals surface area contributed by atoms with E-state index in [9.17, 15) is 57.7 Å². The highest BCUT2D eigenvalue weighted by Gasteiger charge is 2.22. The van der Waals surface area contributed by atoms with Gasteiger partial charge in [0.15, 0.2) is 11.3 Å². The van der Waals surface area contributed by atoms with Crippen LogP contribution in [0.4, 0.5) is 34.1 Å². The van der Waals surface area contributed by atoms with Crippen LogP contribution in [0, 0.1) is 32.1 Å². The predicted octanol–water partition coefficient (Wildman–Crippen LogP) is 7.30. The Morgan fingerprint density at radius 2 is 1.08 bits per heavy atom. The van der Waals surface area contributed by atoms with E-state index in [-0.39, 0.29) is 88.8 Å². The lowest BCUT2D eigenvalue weighted by Crippen LogP contribution is -2.08. The standard InChI is InChI=1S/C39H37N9O12S3.CH4O3S.O3S/c1-23-18-31(34(59-14-8-16-61(50,51)52)20-29(23)43-42-28-11-5-7-13-36(28)63(56,57)58)45-44-30-21-35(60-15-9-17-62(53,54)55)32(19-24(30)2)46-47-37-25(3)26(22-40)38-41-27-10-4-6-12-33(27)48(38)39(37)49;1-5(2,3)4;1-4(2)3/h4-7,10-13,18-21,49H,8-9,14-17H2,1-3H3,(H,50,51,52)(H,53,54,55)(H,56,57,58);1H3,(H,2,3,4);. The number of nitrogens with zero attached hydrogens (tertiary/aromatic N) is 9. The summed E-state index contributed by atoms with van der Waals surface area (Å²) in [6.07, 6.45) is 0.489. The highest BCUT2D eigenvalue weighted by molar-refractivity contribution is 7.86. The first-order valence-corrected chi connectivity index (χ1v) is 27.5. The molecule has 6 aromatic rings. The molecule has 384 valence electrons. The van der Waals surface area contributed by atoms with Crippen molar-refractivity contribution in [3.8, 4) is 23.4 Å². The van der Waals surface area contributed by atoms with E-state index >= 15 is 0 Å². The third kappa shape index (κ3) is 17.3. The smallest absolute Gasteiger partial charge is 0.425 e. The molecule has 0 aliphatic heterocycles. The van der Waals surface area contributed by atoms with Gasteiger partial charge in [-0.05, 0) is 81.1 Å². The molecule has 27 nitrogen and oxygen atoms in total. The number of pyridine rings is 1. The van der Waals surface area contributed by atoms with Crippen LogP contribution in [0.2, 0.25) is 0 Å². The summed E-state index contributed by atoms with van der Waals surface area (Å²) >= 11 is 0. The molecule has 32 heteroatoms. The Hall–Kier alpha value is -7.22. The number of nitriles is 1. The topological polar surface area (TPSA) is 423 Å². The zero-order valence-electron chi connectivity index (χ0n) is 37.8. The molecule has 2 aromatic heterocycles. The molecular weight excluding hydrogens is 1050 g/mol. The third-order valence-electron chi connectivity index (χ3n) is 9.15. The number of aromatic nitrogens is 2. The molecule has 0 saturated carbocycles. The fraction of sp³-hybridized carbons (Fsp3) is 0.250. The number of aryl methyl sites for hydroxylation is 2. The molecule has 0 aliphatic carbocycles. The predicted molar refractivity (Wildman–Crippen MR) is 255 cm³/mol.